The predicted octanol–water partition coefficient (Wildman–Crippen LogP) is 1.81. The molecule has 2 rings (SSSR count). The summed E-state index contributed by atoms with van der Waals surface area (Å²) in [6, 6.07) is 12.0. The summed E-state index contributed by atoms with van der Waals surface area (Å²) >= 11 is 0. The second-order valence-corrected chi connectivity index (χ2v) is 7.24. The van der Waals surface area contributed by atoms with Crippen LogP contribution in [0.15, 0.2) is 48.5 Å². The minimum absolute atomic E-state index is 0.321. The van der Waals surface area contributed by atoms with Crippen molar-refractivity contribution in [3.05, 3.63) is 60.2 Å². The van der Waals surface area contributed by atoms with Crippen molar-refractivity contribution in [2.45, 2.75) is 0 Å². The quantitative estimate of drug-likeness (QED) is 0.795. The standard InChI is InChI=1S/C14H14F2O2Si/c1-17-19(18-2,13-7-3-11(15)4-8-13)14-9-5-12(16)6-10-14/h3-10H,1-2H3. The van der Waals surface area contributed by atoms with Gasteiger partial charge in [0.05, 0.1) is 0 Å². The maximum atomic E-state index is 13.0. The molecule has 5 heteroatoms. The van der Waals surface area contributed by atoms with E-state index in [2.05, 4.69) is 0 Å². The Hall–Kier alpha value is -1.56. The molecule has 0 aliphatic rings. The van der Waals surface area contributed by atoms with Gasteiger partial charge >= 0.3 is 8.56 Å². The van der Waals surface area contributed by atoms with Crippen LogP contribution in [0, 0.1) is 11.6 Å². The Morgan fingerprint density at radius 2 is 1.00 bits per heavy atom. The molecule has 0 aromatic heterocycles. The molecule has 0 aliphatic heterocycles. The summed E-state index contributed by atoms with van der Waals surface area (Å²) in [7, 11) is 0.213. The topological polar surface area (TPSA) is 18.5 Å². The van der Waals surface area contributed by atoms with E-state index in [1.807, 2.05) is 0 Å². The van der Waals surface area contributed by atoms with Crippen molar-refractivity contribution in [2.75, 3.05) is 14.2 Å². The smallest absolute Gasteiger partial charge is 0.391 e. The van der Waals surface area contributed by atoms with Crippen molar-refractivity contribution in [3.63, 3.8) is 0 Å². The molecule has 0 saturated carbocycles. The van der Waals surface area contributed by atoms with E-state index in [0.29, 0.717) is 0 Å². The van der Waals surface area contributed by atoms with Crippen molar-refractivity contribution in [3.8, 4) is 0 Å². The summed E-state index contributed by atoms with van der Waals surface area (Å²) in [5.74, 6) is -0.643. The number of hydrogen-bond donors (Lipinski definition) is 0. The van der Waals surface area contributed by atoms with Crippen molar-refractivity contribution in [1.82, 2.24) is 0 Å². The molecule has 0 fully saturated rings. The summed E-state index contributed by atoms with van der Waals surface area (Å²) in [5.41, 5.74) is 0. The first-order valence-electron chi connectivity index (χ1n) is 5.75. The average molecular weight is 280 g/mol. The zero-order valence-corrected chi connectivity index (χ0v) is 11.7. The van der Waals surface area contributed by atoms with E-state index in [1.165, 1.54) is 24.3 Å². The molecule has 100 valence electrons. The number of hydrogen-bond acceptors (Lipinski definition) is 2. The van der Waals surface area contributed by atoms with Gasteiger partial charge in [-0.3, -0.25) is 0 Å². The Kier molecular flexibility index (Phi) is 4.09. The van der Waals surface area contributed by atoms with Gasteiger partial charge in [0.15, 0.2) is 0 Å². The molecule has 0 spiro atoms. The Morgan fingerprint density at radius 1 is 0.684 bits per heavy atom. The van der Waals surface area contributed by atoms with Crippen LogP contribution in [0.25, 0.3) is 0 Å². The van der Waals surface area contributed by atoms with Crippen LogP contribution >= 0.6 is 0 Å². The maximum Gasteiger partial charge on any atom is 0.406 e. The highest BCUT2D eigenvalue weighted by Crippen LogP contribution is 2.09. The molecule has 0 atom stereocenters. The minimum atomic E-state index is -2.87. The summed E-state index contributed by atoms with van der Waals surface area (Å²) in [6.45, 7) is 0. The van der Waals surface area contributed by atoms with E-state index in [4.69, 9.17) is 8.85 Å². The van der Waals surface area contributed by atoms with Crippen molar-refractivity contribution in [2.24, 2.45) is 0 Å². The Balaban J connectivity index is 2.53. The molecule has 0 N–H and O–H groups in total. The van der Waals surface area contributed by atoms with Crippen molar-refractivity contribution in [1.29, 1.82) is 0 Å². The molecular formula is C14H14F2O2Si. The van der Waals surface area contributed by atoms with Gasteiger partial charge in [-0.2, -0.15) is 0 Å². The number of benzene rings is 2. The third-order valence-electron chi connectivity index (χ3n) is 3.02. The fourth-order valence-electron chi connectivity index (χ4n) is 2.06. The Morgan fingerprint density at radius 3 is 1.26 bits per heavy atom. The highest BCUT2D eigenvalue weighted by molar-refractivity contribution is 6.92. The molecule has 0 saturated heterocycles. The van der Waals surface area contributed by atoms with E-state index in [-0.39, 0.29) is 11.6 Å². The predicted molar refractivity (Wildman–Crippen MR) is 71.8 cm³/mol. The fraction of sp³-hybridized carbons (Fsp3) is 0.143. The molecule has 0 radical (unpaired) electrons. The van der Waals surface area contributed by atoms with Crippen molar-refractivity contribution < 1.29 is 17.6 Å². The Labute approximate surface area is 111 Å². The first kappa shape index (κ1) is 13.9. The normalized spacial score (nSPS) is 11.6. The highest BCUT2D eigenvalue weighted by atomic mass is 28.4. The molecular weight excluding hydrogens is 266 g/mol. The van der Waals surface area contributed by atoms with Gasteiger partial charge in [-0.15, -0.1) is 0 Å². The van der Waals surface area contributed by atoms with Gasteiger partial charge in [0.2, 0.25) is 0 Å². The van der Waals surface area contributed by atoms with E-state index >= 15 is 0 Å². The number of halogens is 2. The second-order valence-electron chi connectivity index (χ2n) is 4.04. The molecule has 2 aromatic rings. The van der Waals surface area contributed by atoms with Gasteiger partial charge in [0.25, 0.3) is 0 Å². The van der Waals surface area contributed by atoms with Crippen LogP contribution in [-0.4, -0.2) is 22.8 Å². The molecule has 0 heterocycles. The zero-order valence-electron chi connectivity index (χ0n) is 10.7. The van der Waals surface area contributed by atoms with Crippen LogP contribution < -0.4 is 10.4 Å². The summed E-state index contributed by atoms with van der Waals surface area (Å²) < 4.78 is 37.3. The molecule has 0 aliphatic carbocycles. The van der Waals surface area contributed by atoms with Gasteiger partial charge in [-0.1, -0.05) is 24.3 Å². The van der Waals surface area contributed by atoms with Crippen LogP contribution in [0.5, 0.6) is 0 Å². The van der Waals surface area contributed by atoms with Crippen LogP contribution in [0.1, 0.15) is 0 Å². The average Bonchev–Trinajstić information content (AvgIpc) is 2.44. The van der Waals surface area contributed by atoms with Gasteiger partial charge in [0.1, 0.15) is 11.6 Å². The Bertz CT molecular complexity index is 489. The third kappa shape index (κ3) is 2.58. The van der Waals surface area contributed by atoms with Crippen LogP contribution in [0.2, 0.25) is 0 Å². The fourth-order valence-corrected chi connectivity index (χ4v) is 4.71. The van der Waals surface area contributed by atoms with Gasteiger partial charge < -0.3 is 8.85 Å². The SMILES string of the molecule is CO[Si](OC)(c1ccc(F)cc1)c1ccc(F)cc1. The van der Waals surface area contributed by atoms with Crippen molar-refractivity contribution >= 4 is 18.9 Å². The summed E-state index contributed by atoms with van der Waals surface area (Å²) in [6.07, 6.45) is 0. The van der Waals surface area contributed by atoms with Gasteiger partial charge in [-0.05, 0) is 34.6 Å². The molecule has 0 bridgehead atoms. The highest BCUT2D eigenvalue weighted by Gasteiger charge is 2.40. The lowest BCUT2D eigenvalue weighted by Gasteiger charge is -2.28. The van der Waals surface area contributed by atoms with E-state index in [9.17, 15) is 8.78 Å². The van der Waals surface area contributed by atoms with E-state index < -0.39 is 8.56 Å². The molecule has 2 nitrogen and oxygen atoms in total. The first-order chi connectivity index (χ1) is 9.12. The monoisotopic (exact) mass is 280 g/mol. The first-order valence-corrected chi connectivity index (χ1v) is 7.56. The lowest BCUT2D eigenvalue weighted by molar-refractivity contribution is 0.272. The molecule has 0 amide bonds. The summed E-state index contributed by atoms with van der Waals surface area (Å²) in [4.78, 5) is 0. The van der Waals surface area contributed by atoms with Gasteiger partial charge in [-0.25, -0.2) is 8.78 Å². The van der Waals surface area contributed by atoms with Gasteiger partial charge in [0, 0.05) is 14.2 Å². The summed E-state index contributed by atoms with van der Waals surface area (Å²) in [5, 5.41) is 1.54. The zero-order chi connectivity index (χ0) is 13.9. The molecule has 2 aromatic carbocycles. The van der Waals surface area contributed by atoms with Crippen LogP contribution in [0.3, 0.4) is 0 Å². The second kappa shape index (κ2) is 5.60. The lowest BCUT2D eigenvalue weighted by atomic mass is 10.3. The minimum Gasteiger partial charge on any atom is -0.391 e. The van der Waals surface area contributed by atoms with Crippen LogP contribution in [-0.2, 0) is 8.85 Å². The maximum absolute atomic E-state index is 13.0. The number of rotatable bonds is 4. The largest absolute Gasteiger partial charge is 0.406 e. The third-order valence-corrected chi connectivity index (χ3v) is 6.36. The molecule has 0 unspecified atom stereocenters. The molecule has 19 heavy (non-hydrogen) atoms. The van der Waals surface area contributed by atoms with E-state index in [1.54, 1.807) is 38.5 Å². The van der Waals surface area contributed by atoms with Crippen LogP contribution in [0.4, 0.5) is 8.78 Å². The lowest BCUT2D eigenvalue weighted by Crippen LogP contribution is -2.62. The van der Waals surface area contributed by atoms with E-state index in [0.717, 1.165) is 10.4 Å².